The molecule has 0 bridgehead atoms. The standard InChI is InChI=1S/C28H40F2O/c1-3-5-7-8-9-21-10-12-22(13-11-21)23-14-16-24(17-15-23)25-18-19-26(28(30)27(25)29)31-20-6-4-2/h7-8,16,18-19,21-23H,3-6,9-15,17,20H2,1-2H3/b8-7-. The van der Waals surface area contributed by atoms with Gasteiger partial charge in [-0.15, -0.1) is 0 Å². The lowest BCUT2D eigenvalue weighted by Crippen LogP contribution is -2.23. The zero-order valence-electron chi connectivity index (χ0n) is 19.5. The normalized spacial score (nSPS) is 24.4. The molecule has 0 amide bonds. The van der Waals surface area contributed by atoms with Gasteiger partial charge in [-0.1, -0.05) is 44.9 Å². The van der Waals surface area contributed by atoms with Gasteiger partial charge < -0.3 is 4.74 Å². The Morgan fingerprint density at radius 3 is 2.42 bits per heavy atom. The number of halogens is 2. The van der Waals surface area contributed by atoms with E-state index in [0.29, 0.717) is 18.1 Å². The highest BCUT2D eigenvalue weighted by atomic mass is 19.2. The van der Waals surface area contributed by atoms with Crippen LogP contribution in [0.2, 0.25) is 0 Å². The average Bonchev–Trinajstić information content (AvgIpc) is 2.80. The van der Waals surface area contributed by atoms with Crippen LogP contribution in [0.1, 0.15) is 96.5 Å². The molecule has 0 aliphatic heterocycles. The van der Waals surface area contributed by atoms with E-state index in [1.54, 1.807) is 12.1 Å². The molecule has 1 saturated carbocycles. The van der Waals surface area contributed by atoms with Crippen LogP contribution in [0.5, 0.6) is 5.75 Å². The van der Waals surface area contributed by atoms with Gasteiger partial charge in [-0.05, 0) is 99.7 Å². The fraction of sp³-hybridized carbons (Fsp3) is 0.643. The van der Waals surface area contributed by atoms with Crippen molar-refractivity contribution >= 4 is 5.57 Å². The Morgan fingerprint density at radius 2 is 1.74 bits per heavy atom. The van der Waals surface area contributed by atoms with Gasteiger partial charge in [-0.25, -0.2) is 4.39 Å². The van der Waals surface area contributed by atoms with Crippen molar-refractivity contribution in [3.8, 4) is 5.75 Å². The molecular weight excluding hydrogens is 390 g/mol. The lowest BCUT2D eigenvalue weighted by Gasteiger charge is -2.35. The molecule has 1 aromatic rings. The molecule has 1 atom stereocenters. The molecule has 0 radical (unpaired) electrons. The Kier molecular flexibility index (Phi) is 9.61. The third-order valence-electron chi connectivity index (χ3n) is 7.25. The summed E-state index contributed by atoms with van der Waals surface area (Å²) in [7, 11) is 0. The Balaban J connectivity index is 1.52. The topological polar surface area (TPSA) is 9.23 Å². The molecule has 1 fully saturated rings. The average molecular weight is 431 g/mol. The third-order valence-corrected chi connectivity index (χ3v) is 7.25. The van der Waals surface area contributed by atoms with Gasteiger partial charge in [0.2, 0.25) is 5.82 Å². The molecule has 0 heterocycles. The zero-order valence-corrected chi connectivity index (χ0v) is 19.5. The van der Waals surface area contributed by atoms with Gasteiger partial charge in [0.1, 0.15) is 0 Å². The van der Waals surface area contributed by atoms with E-state index in [-0.39, 0.29) is 5.75 Å². The Morgan fingerprint density at radius 1 is 0.935 bits per heavy atom. The molecule has 2 aliphatic rings. The molecule has 0 spiro atoms. The lowest BCUT2D eigenvalue weighted by molar-refractivity contribution is 0.195. The van der Waals surface area contributed by atoms with Crippen LogP contribution in [0.4, 0.5) is 8.78 Å². The van der Waals surface area contributed by atoms with Crippen molar-refractivity contribution in [2.24, 2.45) is 17.8 Å². The fourth-order valence-corrected chi connectivity index (χ4v) is 5.21. The first kappa shape index (κ1) is 24.0. The number of rotatable bonds is 10. The Labute approximate surface area is 188 Å². The van der Waals surface area contributed by atoms with Gasteiger partial charge in [0.15, 0.2) is 11.6 Å². The predicted molar refractivity (Wildman–Crippen MR) is 126 cm³/mol. The van der Waals surface area contributed by atoms with Gasteiger partial charge >= 0.3 is 0 Å². The third kappa shape index (κ3) is 6.67. The van der Waals surface area contributed by atoms with Crippen LogP contribution in [-0.2, 0) is 0 Å². The second-order valence-electron chi connectivity index (χ2n) is 9.48. The van der Waals surface area contributed by atoms with Crippen LogP contribution in [-0.4, -0.2) is 6.61 Å². The molecular formula is C28H40F2O. The van der Waals surface area contributed by atoms with E-state index in [0.717, 1.165) is 49.5 Å². The van der Waals surface area contributed by atoms with Gasteiger partial charge in [0.25, 0.3) is 0 Å². The van der Waals surface area contributed by atoms with E-state index < -0.39 is 11.6 Å². The summed E-state index contributed by atoms with van der Waals surface area (Å²) in [5, 5.41) is 0. The molecule has 1 aromatic carbocycles. The van der Waals surface area contributed by atoms with Crippen LogP contribution in [0.25, 0.3) is 5.57 Å². The summed E-state index contributed by atoms with van der Waals surface area (Å²) < 4.78 is 34.6. The summed E-state index contributed by atoms with van der Waals surface area (Å²) in [5.74, 6) is 0.784. The predicted octanol–water partition coefficient (Wildman–Crippen LogP) is 8.88. The molecule has 1 nitrogen and oxygen atoms in total. The van der Waals surface area contributed by atoms with E-state index in [1.807, 2.05) is 6.92 Å². The van der Waals surface area contributed by atoms with Crippen LogP contribution in [0.3, 0.4) is 0 Å². The van der Waals surface area contributed by atoms with Crippen molar-refractivity contribution in [3.05, 3.63) is 47.6 Å². The second kappa shape index (κ2) is 12.4. The molecule has 0 N–H and O–H groups in total. The highest BCUT2D eigenvalue weighted by Gasteiger charge is 2.29. The molecule has 3 rings (SSSR count). The zero-order chi connectivity index (χ0) is 22.1. The van der Waals surface area contributed by atoms with E-state index in [4.69, 9.17) is 4.74 Å². The van der Waals surface area contributed by atoms with E-state index in [2.05, 4.69) is 25.2 Å². The Hall–Kier alpha value is -1.64. The smallest absolute Gasteiger partial charge is 0.201 e. The minimum atomic E-state index is -0.845. The number of allylic oxidation sites excluding steroid dienone is 4. The van der Waals surface area contributed by atoms with Crippen molar-refractivity contribution in [2.75, 3.05) is 6.61 Å². The van der Waals surface area contributed by atoms with Crippen LogP contribution in [0.15, 0.2) is 30.4 Å². The fourth-order valence-electron chi connectivity index (χ4n) is 5.21. The monoisotopic (exact) mass is 430 g/mol. The Bertz CT molecular complexity index is 744. The minimum Gasteiger partial charge on any atom is -0.490 e. The minimum absolute atomic E-state index is 0.0327. The summed E-state index contributed by atoms with van der Waals surface area (Å²) in [6.07, 6.45) is 20.6. The largest absolute Gasteiger partial charge is 0.490 e. The summed E-state index contributed by atoms with van der Waals surface area (Å²) >= 11 is 0. The molecule has 172 valence electrons. The van der Waals surface area contributed by atoms with Crippen molar-refractivity contribution < 1.29 is 13.5 Å². The molecule has 3 heteroatoms. The summed E-state index contributed by atoms with van der Waals surface area (Å²) in [6.45, 7) is 4.69. The molecule has 0 aromatic heterocycles. The van der Waals surface area contributed by atoms with E-state index >= 15 is 0 Å². The second-order valence-corrected chi connectivity index (χ2v) is 9.48. The van der Waals surface area contributed by atoms with Crippen LogP contribution in [0, 0.1) is 29.4 Å². The summed E-state index contributed by atoms with van der Waals surface area (Å²) in [4.78, 5) is 0. The maximum Gasteiger partial charge on any atom is 0.201 e. The van der Waals surface area contributed by atoms with Gasteiger partial charge in [0.05, 0.1) is 6.61 Å². The number of unbranched alkanes of at least 4 members (excludes halogenated alkanes) is 2. The summed E-state index contributed by atoms with van der Waals surface area (Å²) in [6, 6.07) is 3.29. The first-order valence-corrected chi connectivity index (χ1v) is 12.6. The lowest BCUT2D eigenvalue weighted by atomic mass is 9.70. The maximum absolute atomic E-state index is 14.7. The number of hydrogen-bond acceptors (Lipinski definition) is 1. The highest BCUT2D eigenvalue weighted by Crippen LogP contribution is 2.42. The number of hydrogen-bond donors (Lipinski definition) is 0. The number of ether oxygens (including phenoxy) is 1. The van der Waals surface area contributed by atoms with Crippen molar-refractivity contribution in [3.63, 3.8) is 0 Å². The van der Waals surface area contributed by atoms with Gasteiger partial charge in [0, 0.05) is 5.56 Å². The van der Waals surface area contributed by atoms with Crippen LogP contribution >= 0.6 is 0 Å². The first-order valence-electron chi connectivity index (χ1n) is 12.6. The maximum atomic E-state index is 14.7. The van der Waals surface area contributed by atoms with E-state index in [1.165, 1.54) is 44.9 Å². The van der Waals surface area contributed by atoms with Crippen LogP contribution < -0.4 is 4.74 Å². The highest BCUT2D eigenvalue weighted by molar-refractivity contribution is 5.67. The molecule has 1 unspecified atom stereocenters. The van der Waals surface area contributed by atoms with E-state index in [9.17, 15) is 8.78 Å². The molecule has 31 heavy (non-hydrogen) atoms. The van der Waals surface area contributed by atoms with Crippen molar-refractivity contribution in [2.45, 2.75) is 90.9 Å². The van der Waals surface area contributed by atoms with Crippen molar-refractivity contribution in [1.29, 1.82) is 0 Å². The number of benzene rings is 1. The first-order chi connectivity index (χ1) is 15.1. The summed E-state index contributed by atoms with van der Waals surface area (Å²) in [5.41, 5.74) is 1.38. The molecule has 0 saturated heterocycles. The van der Waals surface area contributed by atoms with Gasteiger partial charge in [-0.3, -0.25) is 0 Å². The van der Waals surface area contributed by atoms with Gasteiger partial charge in [-0.2, -0.15) is 4.39 Å². The van der Waals surface area contributed by atoms with Crippen molar-refractivity contribution in [1.82, 2.24) is 0 Å². The quantitative estimate of drug-likeness (QED) is 0.266. The molecule has 2 aliphatic carbocycles. The SMILES string of the molecule is CCC/C=C\CC1CCC(C2CC=C(c3ccc(OCCCC)c(F)c3F)CC2)CC1.